The second-order valence-corrected chi connectivity index (χ2v) is 7.01. The highest BCUT2D eigenvalue weighted by Crippen LogP contribution is 2.28. The Morgan fingerprint density at radius 1 is 1.43 bits per heavy atom. The molecule has 0 bridgehead atoms. The molecule has 1 aromatic heterocycles. The van der Waals surface area contributed by atoms with Crippen LogP contribution in [0.15, 0.2) is 23.0 Å². The zero-order valence-corrected chi connectivity index (χ0v) is 15.8. The zero-order valence-electron chi connectivity index (χ0n) is 15.8. The fourth-order valence-electron chi connectivity index (χ4n) is 3.08. The number of aromatic amines is 1. The van der Waals surface area contributed by atoms with Crippen LogP contribution < -0.4 is 10.5 Å². The molecule has 1 unspecified atom stereocenters. The maximum Gasteiger partial charge on any atom is 0.268 e. The average molecular weight is 380 g/mol. The van der Waals surface area contributed by atoms with Crippen LogP contribution >= 0.6 is 0 Å². The summed E-state index contributed by atoms with van der Waals surface area (Å²) in [5.41, 5.74) is 0.111. The number of hydrogen-bond donors (Lipinski definition) is 2. The van der Waals surface area contributed by atoms with E-state index in [9.17, 15) is 14.3 Å². The largest absolute Gasteiger partial charge is 0.381 e. The fourth-order valence-corrected chi connectivity index (χ4v) is 3.08. The molecule has 144 valence electrons. The minimum absolute atomic E-state index is 0.0602. The smallest absolute Gasteiger partial charge is 0.268 e. The van der Waals surface area contributed by atoms with Gasteiger partial charge in [-0.05, 0) is 31.7 Å². The maximum absolute atomic E-state index is 14.2. The normalized spacial score (nSPS) is 15.5. The van der Waals surface area contributed by atoms with Gasteiger partial charge in [0.05, 0.1) is 12.3 Å². The van der Waals surface area contributed by atoms with E-state index in [1.54, 1.807) is 6.07 Å². The standard InChI is InChI=1S/C21H21FN4O2/c1-13-8-10-26(11-9-13)21-24-19(15-5-7-18(23-3)17(22)12-15)16(20(28)25-21)6-4-14(2)27/h5,7,12-14,27H,8-11H2,1-2H3,(H,24,25,28). The van der Waals surface area contributed by atoms with Crippen LogP contribution in [0, 0.1) is 30.1 Å². The summed E-state index contributed by atoms with van der Waals surface area (Å²) in [4.78, 5) is 25.2. The molecule has 1 atom stereocenters. The Bertz CT molecular complexity index is 1040. The van der Waals surface area contributed by atoms with Gasteiger partial charge < -0.3 is 10.0 Å². The first-order valence-electron chi connectivity index (χ1n) is 9.15. The Labute approximate surface area is 162 Å². The predicted molar refractivity (Wildman–Crippen MR) is 106 cm³/mol. The van der Waals surface area contributed by atoms with E-state index in [-0.39, 0.29) is 16.9 Å². The number of H-pyrrole nitrogens is 1. The summed E-state index contributed by atoms with van der Waals surface area (Å²) in [6, 6.07) is 4.09. The number of hydrogen-bond acceptors (Lipinski definition) is 4. The molecule has 1 fully saturated rings. The molecule has 0 amide bonds. The molecule has 0 spiro atoms. The van der Waals surface area contributed by atoms with Gasteiger partial charge in [-0.2, -0.15) is 0 Å². The molecular formula is C21H21FN4O2. The molecule has 6 nitrogen and oxygen atoms in total. The number of benzene rings is 1. The van der Waals surface area contributed by atoms with Gasteiger partial charge in [-0.15, -0.1) is 0 Å². The van der Waals surface area contributed by atoms with E-state index >= 15 is 0 Å². The van der Waals surface area contributed by atoms with Crippen LogP contribution in [-0.2, 0) is 0 Å². The molecule has 1 aliphatic heterocycles. The van der Waals surface area contributed by atoms with Gasteiger partial charge in [0.2, 0.25) is 11.6 Å². The second-order valence-electron chi connectivity index (χ2n) is 7.01. The van der Waals surface area contributed by atoms with Crippen molar-refractivity contribution in [3.05, 3.63) is 51.4 Å². The minimum Gasteiger partial charge on any atom is -0.381 e. The minimum atomic E-state index is -0.920. The number of aliphatic hydroxyl groups is 1. The van der Waals surface area contributed by atoms with E-state index < -0.39 is 17.5 Å². The monoisotopic (exact) mass is 380 g/mol. The first-order chi connectivity index (χ1) is 13.4. The van der Waals surface area contributed by atoms with Crippen LogP contribution in [-0.4, -0.2) is 34.3 Å². The van der Waals surface area contributed by atoms with Crippen LogP contribution in [0.4, 0.5) is 16.0 Å². The first-order valence-corrected chi connectivity index (χ1v) is 9.15. The number of aliphatic hydroxyl groups excluding tert-OH is 1. The number of halogens is 1. The van der Waals surface area contributed by atoms with Gasteiger partial charge in [0, 0.05) is 18.7 Å². The van der Waals surface area contributed by atoms with Crippen molar-refractivity contribution < 1.29 is 9.50 Å². The Hall–Kier alpha value is -3.16. The van der Waals surface area contributed by atoms with Gasteiger partial charge in [0.1, 0.15) is 17.5 Å². The third-order valence-corrected chi connectivity index (χ3v) is 4.74. The van der Waals surface area contributed by atoms with E-state index in [2.05, 4.69) is 33.6 Å². The van der Waals surface area contributed by atoms with E-state index in [4.69, 9.17) is 6.57 Å². The summed E-state index contributed by atoms with van der Waals surface area (Å²) in [7, 11) is 0. The summed E-state index contributed by atoms with van der Waals surface area (Å²) in [5.74, 6) is 5.56. The van der Waals surface area contributed by atoms with Crippen LogP contribution in [0.25, 0.3) is 16.1 Å². The Kier molecular flexibility index (Phi) is 5.77. The van der Waals surface area contributed by atoms with E-state index in [0.717, 1.165) is 25.9 Å². The fraction of sp³-hybridized carbons (Fsp3) is 0.381. The third kappa shape index (κ3) is 4.21. The number of anilines is 1. The molecular weight excluding hydrogens is 359 g/mol. The lowest BCUT2D eigenvalue weighted by Gasteiger charge is -2.30. The molecule has 2 N–H and O–H groups in total. The predicted octanol–water partition coefficient (Wildman–Crippen LogP) is 3.10. The maximum atomic E-state index is 14.2. The van der Waals surface area contributed by atoms with Crippen molar-refractivity contribution in [2.24, 2.45) is 5.92 Å². The van der Waals surface area contributed by atoms with Gasteiger partial charge in [-0.1, -0.05) is 30.9 Å². The second kappa shape index (κ2) is 8.24. The lowest BCUT2D eigenvalue weighted by molar-refractivity contribution is 0.253. The summed E-state index contributed by atoms with van der Waals surface area (Å²) in [6.45, 7) is 12.2. The van der Waals surface area contributed by atoms with Gasteiger partial charge in [-0.3, -0.25) is 9.78 Å². The van der Waals surface area contributed by atoms with Crippen molar-refractivity contribution in [2.45, 2.75) is 32.8 Å². The number of piperidine rings is 1. The number of nitrogens with zero attached hydrogens (tertiary/aromatic N) is 3. The van der Waals surface area contributed by atoms with E-state index in [0.29, 0.717) is 17.4 Å². The molecule has 0 saturated carbocycles. The summed E-state index contributed by atoms with van der Waals surface area (Å²) >= 11 is 0. The highest BCUT2D eigenvalue weighted by Gasteiger charge is 2.21. The van der Waals surface area contributed by atoms with E-state index in [1.165, 1.54) is 19.1 Å². The average Bonchev–Trinajstić information content (AvgIpc) is 2.67. The van der Waals surface area contributed by atoms with Crippen molar-refractivity contribution in [1.82, 2.24) is 9.97 Å². The highest BCUT2D eigenvalue weighted by molar-refractivity contribution is 5.70. The molecule has 1 aromatic carbocycles. The molecule has 0 radical (unpaired) electrons. The quantitative estimate of drug-likeness (QED) is 0.620. The molecule has 0 aliphatic carbocycles. The molecule has 2 heterocycles. The molecule has 3 rings (SSSR count). The van der Waals surface area contributed by atoms with Crippen LogP contribution in [0.5, 0.6) is 0 Å². The molecule has 2 aromatic rings. The molecule has 1 aliphatic rings. The third-order valence-electron chi connectivity index (χ3n) is 4.74. The molecule has 7 heteroatoms. The number of rotatable bonds is 2. The SMILES string of the molecule is [C-]#[N+]c1ccc(-c2nc(N3CCC(C)CC3)[nH]c(=O)c2C#CC(C)O)cc1F. The number of nitrogens with one attached hydrogen (secondary N) is 1. The van der Waals surface area contributed by atoms with Gasteiger partial charge >= 0.3 is 0 Å². The Morgan fingerprint density at radius 2 is 2.14 bits per heavy atom. The van der Waals surface area contributed by atoms with Crippen LogP contribution in [0.2, 0.25) is 0 Å². The first kappa shape index (κ1) is 19.6. The van der Waals surface area contributed by atoms with Gasteiger partial charge in [-0.25, -0.2) is 14.2 Å². The summed E-state index contributed by atoms with van der Waals surface area (Å²) in [6.07, 6.45) is 1.07. The van der Waals surface area contributed by atoms with Crippen LogP contribution in [0.3, 0.4) is 0 Å². The zero-order chi connectivity index (χ0) is 20.3. The van der Waals surface area contributed by atoms with Crippen molar-refractivity contribution in [2.75, 3.05) is 18.0 Å². The van der Waals surface area contributed by atoms with E-state index in [1.807, 2.05) is 4.90 Å². The van der Waals surface area contributed by atoms with Gasteiger partial charge in [0.25, 0.3) is 5.56 Å². The molecule has 1 saturated heterocycles. The summed E-state index contributed by atoms with van der Waals surface area (Å²) in [5, 5.41) is 9.45. The van der Waals surface area contributed by atoms with Crippen molar-refractivity contribution in [3.8, 4) is 23.1 Å². The van der Waals surface area contributed by atoms with Gasteiger partial charge in [0.15, 0.2) is 0 Å². The molecule has 28 heavy (non-hydrogen) atoms. The van der Waals surface area contributed by atoms with Crippen molar-refractivity contribution in [3.63, 3.8) is 0 Å². The Morgan fingerprint density at radius 3 is 2.75 bits per heavy atom. The summed E-state index contributed by atoms with van der Waals surface area (Å²) < 4.78 is 14.2. The van der Waals surface area contributed by atoms with Crippen LogP contribution in [0.1, 0.15) is 32.3 Å². The van der Waals surface area contributed by atoms with Crippen molar-refractivity contribution in [1.29, 1.82) is 0 Å². The topological polar surface area (TPSA) is 73.6 Å². The Balaban J connectivity index is 2.14. The lowest BCUT2D eigenvalue weighted by atomic mass is 9.99. The van der Waals surface area contributed by atoms with Crippen molar-refractivity contribution >= 4 is 11.6 Å². The lowest BCUT2D eigenvalue weighted by Crippen LogP contribution is -2.35. The number of aromatic nitrogens is 2. The highest BCUT2D eigenvalue weighted by atomic mass is 19.1.